The van der Waals surface area contributed by atoms with E-state index in [4.69, 9.17) is 14.9 Å². The van der Waals surface area contributed by atoms with Gasteiger partial charge in [0.1, 0.15) is 23.9 Å². The van der Waals surface area contributed by atoms with Crippen LogP contribution in [0.1, 0.15) is 11.5 Å². The van der Waals surface area contributed by atoms with E-state index in [0.717, 1.165) is 5.76 Å². The summed E-state index contributed by atoms with van der Waals surface area (Å²) in [6.07, 6.45) is 0.692. The molecule has 6 heteroatoms. The number of nitrogens with zero attached hydrogens (tertiary/aromatic N) is 1. The summed E-state index contributed by atoms with van der Waals surface area (Å²) in [4.78, 5) is 10.0. The smallest absolute Gasteiger partial charge is 0.269 e. The number of hydrogen-bond donors (Lipinski definition) is 1. The van der Waals surface area contributed by atoms with Crippen LogP contribution in [0.25, 0.3) is 0 Å². The highest BCUT2D eigenvalue weighted by molar-refractivity contribution is 5.36. The Balaban J connectivity index is 1.92. The predicted molar refractivity (Wildman–Crippen MR) is 68.9 cm³/mol. The van der Waals surface area contributed by atoms with Crippen LogP contribution in [-0.4, -0.2) is 11.5 Å². The lowest BCUT2D eigenvalue weighted by molar-refractivity contribution is -0.384. The maximum Gasteiger partial charge on any atom is 0.269 e. The predicted octanol–water partition coefficient (Wildman–Crippen LogP) is 2.27. The molecule has 0 unspecified atom stereocenters. The zero-order valence-electron chi connectivity index (χ0n) is 10.2. The summed E-state index contributed by atoms with van der Waals surface area (Å²) < 4.78 is 11.0. The van der Waals surface area contributed by atoms with E-state index in [-0.39, 0.29) is 12.3 Å². The van der Waals surface area contributed by atoms with Crippen molar-refractivity contribution in [1.29, 1.82) is 0 Å². The van der Waals surface area contributed by atoms with E-state index >= 15 is 0 Å². The highest BCUT2D eigenvalue weighted by atomic mass is 16.6. The first-order valence-corrected chi connectivity index (χ1v) is 5.84. The highest BCUT2D eigenvalue weighted by Gasteiger charge is 2.06. The summed E-state index contributed by atoms with van der Waals surface area (Å²) in [5, 5.41) is 10.5. The minimum atomic E-state index is -0.449. The number of ether oxygens (including phenoxy) is 1. The molecule has 100 valence electrons. The fraction of sp³-hybridized carbons (Fsp3) is 0.231. The third kappa shape index (κ3) is 3.56. The van der Waals surface area contributed by atoms with Gasteiger partial charge in [-0.25, -0.2) is 0 Å². The van der Waals surface area contributed by atoms with E-state index in [0.29, 0.717) is 24.5 Å². The van der Waals surface area contributed by atoms with E-state index in [9.17, 15) is 10.1 Å². The van der Waals surface area contributed by atoms with Crippen molar-refractivity contribution in [2.75, 3.05) is 6.54 Å². The normalized spacial score (nSPS) is 10.4. The van der Waals surface area contributed by atoms with E-state index in [1.54, 1.807) is 12.1 Å². The molecule has 0 saturated heterocycles. The summed E-state index contributed by atoms with van der Waals surface area (Å²) in [5.41, 5.74) is 5.46. The fourth-order valence-corrected chi connectivity index (χ4v) is 1.60. The summed E-state index contributed by atoms with van der Waals surface area (Å²) in [5.74, 6) is 2.08. The number of hydrogen-bond acceptors (Lipinski definition) is 5. The Labute approximate surface area is 109 Å². The Morgan fingerprint density at radius 1 is 1.16 bits per heavy atom. The summed E-state index contributed by atoms with van der Waals surface area (Å²) in [6, 6.07) is 9.61. The number of nitro groups is 1. The zero-order chi connectivity index (χ0) is 13.7. The van der Waals surface area contributed by atoms with Crippen molar-refractivity contribution >= 4 is 5.69 Å². The molecular formula is C13H14N2O4. The molecule has 1 aromatic heterocycles. The van der Waals surface area contributed by atoms with E-state index < -0.39 is 4.92 Å². The molecule has 2 N–H and O–H groups in total. The highest BCUT2D eigenvalue weighted by Crippen LogP contribution is 2.19. The molecule has 1 heterocycles. The molecule has 0 saturated carbocycles. The molecule has 0 amide bonds. The van der Waals surface area contributed by atoms with Gasteiger partial charge in [-0.3, -0.25) is 10.1 Å². The third-order valence-electron chi connectivity index (χ3n) is 2.54. The van der Waals surface area contributed by atoms with Crippen LogP contribution in [0.4, 0.5) is 5.69 Å². The molecular weight excluding hydrogens is 248 g/mol. The molecule has 0 bridgehead atoms. The van der Waals surface area contributed by atoms with Gasteiger partial charge < -0.3 is 14.9 Å². The van der Waals surface area contributed by atoms with Gasteiger partial charge in [0.2, 0.25) is 0 Å². The molecule has 0 spiro atoms. The number of furan rings is 1. The molecule has 0 aliphatic heterocycles. The summed E-state index contributed by atoms with van der Waals surface area (Å²) >= 11 is 0. The van der Waals surface area contributed by atoms with Gasteiger partial charge in [-0.15, -0.1) is 0 Å². The molecule has 0 aliphatic rings. The Morgan fingerprint density at radius 3 is 2.47 bits per heavy atom. The SMILES string of the molecule is NCCc1ccc(COc2ccc([N+](=O)[O-])cc2)o1. The maximum absolute atomic E-state index is 10.5. The van der Waals surface area contributed by atoms with Crippen LogP contribution in [0.15, 0.2) is 40.8 Å². The zero-order valence-corrected chi connectivity index (χ0v) is 10.2. The Bertz CT molecular complexity index is 548. The molecule has 6 nitrogen and oxygen atoms in total. The topological polar surface area (TPSA) is 91.5 Å². The summed E-state index contributed by atoms with van der Waals surface area (Å²) in [6.45, 7) is 0.818. The monoisotopic (exact) mass is 262 g/mol. The number of non-ortho nitro benzene ring substituents is 1. The quantitative estimate of drug-likeness (QED) is 0.636. The van der Waals surface area contributed by atoms with Crippen LogP contribution in [0.2, 0.25) is 0 Å². The standard InChI is InChI=1S/C13H14N2O4/c14-8-7-12-5-6-13(19-12)9-18-11-3-1-10(2-4-11)15(16)17/h1-6H,7-9,14H2. The van der Waals surface area contributed by atoms with Gasteiger partial charge in [-0.05, 0) is 30.8 Å². The number of rotatable bonds is 6. The second-order valence-electron chi connectivity index (χ2n) is 3.95. The van der Waals surface area contributed by atoms with E-state index in [1.165, 1.54) is 12.1 Å². The maximum atomic E-state index is 10.5. The molecule has 1 aromatic carbocycles. The summed E-state index contributed by atoms with van der Waals surface area (Å²) in [7, 11) is 0. The van der Waals surface area contributed by atoms with Crippen molar-refractivity contribution in [2.45, 2.75) is 13.0 Å². The lowest BCUT2D eigenvalue weighted by Crippen LogP contribution is -2.01. The second kappa shape index (κ2) is 6.01. The van der Waals surface area contributed by atoms with Gasteiger partial charge in [-0.1, -0.05) is 0 Å². The van der Waals surface area contributed by atoms with Crippen LogP contribution < -0.4 is 10.5 Å². The Kier molecular flexibility index (Phi) is 4.15. The van der Waals surface area contributed by atoms with Crippen molar-refractivity contribution in [3.05, 3.63) is 58.0 Å². The lowest BCUT2D eigenvalue weighted by atomic mass is 10.3. The van der Waals surface area contributed by atoms with Gasteiger partial charge in [0.05, 0.1) is 4.92 Å². The van der Waals surface area contributed by atoms with Crippen LogP contribution in [0.3, 0.4) is 0 Å². The van der Waals surface area contributed by atoms with Gasteiger partial charge in [0.25, 0.3) is 5.69 Å². The molecule has 0 fully saturated rings. The minimum Gasteiger partial charge on any atom is -0.486 e. The molecule has 19 heavy (non-hydrogen) atoms. The molecule has 0 radical (unpaired) electrons. The third-order valence-corrected chi connectivity index (χ3v) is 2.54. The second-order valence-corrected chi connectivity index (χ2v) is 3.95. The van der Waals surface area contributed by atoms with Gasteiger partial charge in [-0.2, -0.15) is 0 Å². The average molecular weight is 262 g/mol. The largest absolute Gasteiger partial charge is 0.486 e. The first-order valence-electron chi connectivity index (χ1n) is 5.84. The van der Waals surface area contributed by atoms with Crippen LogP contribution >= 0.6 is 0 Å². The lowest BCUT2D eigenvalue weighted by Gasteiger charge is -2.03. The first-order chi connectivity index (χ1) is 9.19. The van der Waals surface area contributed by atoms with E-state index in [1.807, 2.05) is 12.1 Å². The Hall–Kier alpha value is -2.34. The van der Waals surface area contributed by atoms with Gasteiger partial charge in [0.15, 0.2) is 0 Å². The Morgan fingerprint density at radius 2 is 1.84 bits per heavy atom. The first kappa shape index (κ1) is 13.1. The van der Waals surface area contributed by atoms with Crippen molar-refractivity contribution < 1.29 is 14.1 Å². The van der Waals surface area contributed by atoms with Gasteiger partial charge in [0, 0.05) is 18.6 Å². The fourth-order valence-electron chi connectivity index (χ4n) is 1.60. The van der Waals surface area contributed by atoms with Crippen LogP contribution in [0, 0.1) is 10.1 Å². The number of nitrogens with two attached hydrogens (primary N) is 1. The van der Waals surface area contributed by atoms with Crippen LogP contribution in [0.5, 0.6) is 5.75 Å². The minimum absolute atomic E-state index is 0.0376. The average Bonchev–Trinajstić information content (AvgIpc) is 2.85. The van der Waals surface area contributed by atoms with Crippen molar-refractivity contribution in [3.8, 4) is 5.75 Å². The molecule has 0 atom stereocenters. The molecule has 2 rings (SSSR count). The van der Waals surface area contributed by atoms with Gasteiger partial charge >= 0.3 is 0 Å². The molecule has 2 aromatic rings. The van der Waals surface area contributed by atoms with Crippen molar-refractivity contribution in [2.24, 2.45) is 5.73 Å². The van der Waals surface area contributed by atoms with E-state index in [2.05, 4.69) is 0 Å². The number of benzene rings is 1. The van der Waals surface area contributed by atoms with Crippen molar-refractivity contribution in [1.82, 2.24) is 0 Å². The number of nitro benzene ring substituents is 1. The van der Waals surface area contributed by atoms with Crippen molar-refractivity contribution in [3.63, 3.8) is 0 Å². The molecule has 0 aliphatic carbocycles. The van der Waals surface area contributed by atoms with Crippen LogP contribution in [-0.2, 0) is 13.0 Å².